The number of hydrogen-bond acceptors (Lipinski definition) is 3. The van der Waals surface area contributed by atoms with Crippen LogP contribution < -0.4 is 10.4 Å². The number of anilines is 1. The van der Waals surface area contributed by atoms with Crippen LogP contribution in [0.5, 0.6) is 0 Å². The van der Waals surface area contributed by atoms with Gasteiger partial charge in [-0.25, -0.2) is 4.79 Å². The maximum Gasteiger partial charge on any atom is 0.329 e. The van der Waals surface area contributed by atoms with Gasteiger partial charge in [0.05, 0.1) is 0 Å². The van der Waals surface area contributed by atoms with Gasteiger partial charge in [0.15, 0.2) is 0 Å². The third kappa shape index (κ3) is 2.35. The number of hydrogen-bond donors (Lipinski definition) is 2. The van der Waals surface area contributed by atoms with Crippen molar-refractivity contribution in [2.45, 2.75) is 45.3 Å². The van der Waals surface area contributed by atoms with Gasteiger partial charge in [0.2, 0.25) is 6.20 Å². The molecule has 0 fully saturated rings. The average molecular weight is 224 g/mol. The maximum atomic E-state index is 11.8. The molecule has 2 heterocycles. The summed E-state index contributed by atoms with van der Waals surface area (Å²) in [4.78, 5) is 11.8. The fourth-order valence-corrected chi connectivity index (χ4v) is 1.77. The van der Waals surface area contributed by atoms with E-state index < -0.39 is 5.60 Å². The first-order chi connectivity index (χ1) is 7.46. The van der Waals surface area contributed by atoms with E-state index >= 15 is 0 Å². The summed E-state index contributed by atoms with van der Waals surface area (Å²) >= 11 is 0. The lowest BCUT2D eigenvalue weighted by molar-refractivity contribution is -0.449. The molecule has 3 N–H and O–H groups in total. The van der Waals surface area contributed by atoms with Crippen molar-refractivity contribution in [2.24, 2.45) is 0 Å². The van der Waals surface area contributed by atoms with Crippen molar-refractivity contribution in [2.75, 3.05) is 5.32 Å². The number of nitrogens with one attached hydrogen (secondary N) is 3. The lowest BCUT2D eigenvalue weighted by Gasteiger charge is -2.26. The number of carbonyl (C=O) groups excluding carboxylic acids is 1. The molecule has 1 unspecified atom stereocenters. The fourth-order valence-electron chi connectivity index (χ4n) is 1.77. The van der Waals surface area contributed by atoms with Gasteiger partial charge >= 0.3 is 5.97 Å². The summed E-state index contributed by atoms with van der Waals surface area (Å²) in [5.74, 6) is -0.181. The number of esters is 1. The van der Waals surface area contributed by atoms with E-state index in [-0.39, 0.29) is 12.0 Å². The quantitative estimate of drug-likeness (QED) is 0.696. The summed E-state index contributed by atoms with van der Waals surface area (Å²) in [7, 11) is 0. The summed E-state index contributed by atoms with van der Waals surface area (Å²) in [6.07, 6.45) is 3.44. The van der Waals surface area contributed by atoms with Crippen LogP contribution in [0, 0.1) is 0 Å². The van der Waals surface area contributed by atoms with Crippen molar-refractivity contribution in [3.8, 4) is 0 Å². The Balaban J connectivity index is 2.01. The highest BCUT2D eigenvalue weighted by molar-refractivity contribution is 5.80. The molecule has 0 aromatic carbocycles. The molecule has 0 saturated carbocycles. The van der Waals surface area contributed by atoms with Crippen LogP contribution in [-0.2, 0) is 16.0 Å². The zero-order valence-electron chi connectivity index (χ0n) is 9.89. The van der Waals surface area contributed by atoms with Crippen LogP contribution in [0.3, 0.4) is 0 Å². The molecule has 1 aliphatic heterocycles. The standard InChI is InChI=1S/C11H17N3O2/c1-11(2,3)16-10(15)8-5-4-7-9(13-8)6-12-14-7/h6,8,13H,4-5H2,1-3H3,(H,12,14)/p+1. The topological polar surface area (TPSA) is 68.3 Å². The van der Waals surface area contributed by atoms with Gasteiger partial charge in [-0.2, -0.15) is 5.10 Å². The van der Waals surface area contributed by atoms with Gasteiger partial charge in [0.1, 0.15) is 23.0 Å². The van der Waals surface area contributed by atoms with Crippen LogP contribution in [0.15, 0.2) is 6.20 Å². The molecule has 0 saturated heterocycles. The van der Waals surface area contributed by atoms with E-state index in [2.05, 4.69) is 15.5 Å². The Morgan fingerprint density at radius 1 is 1.56 bits per heavy atom. The highest BCUT2D eigenvalue weighted by Crippen LogP contribution is 2.22. The van der Waals surface area contributed by atoms with Crippen molar-refractivity contribution >= 4 is 11.7 Å². The van der Waals surface area contributed by atoms with Crippen LogP contribution in [0.25, 0.3) is 0 Å². The van der Waals surface area contributed by atoms with Crippen LogP contribution >= 0.6 is 0 Å². The molecule has 16 heavy (non-hydrogen) atoms. The Labute approximate surface area is 94.6 Å². The summed E-state index contributed by atoms with van der Waals surface area (Å²) in [6.45, 7) is 5.63. The van der Waals surface area contributed by atoms with E-state index in [9.17, 15) is 4.79 Å². The van der Waals surface area contributed by atoms with E-state index in [1.807, 2.05) is 27.0 Å². The molecule has 1 atom stereocenters. The monoisotopic (exact) mass is 224 g/mol. The summed E-state index contributed by atoms with van der Waals surface area (Å²) < 4.78 is 5.35. The van der Waals surface area contributed by atoms with Crippen LogP contribution in [0.1, 0.15) is 32.9 Å². The second-order valence-corrected chi connectivity index (χ2v) is 5.07. The molecular formula is C11H18N3O2+. The van der Waals surface area contributed by atoms with Gasteiger partial charge in [0.25, 0.3) is 0 Å². The van der Waals surface area contributed by atoms with Crippen molar-refractivity contribution in [1.82, 2.24) is 5.10 Å². The summed E-state index contributed by atoms with van der Waals surface area (Å²) in [5, 5.41) is 9.10. The van der Waals surface area contributed by atoms with E-state index in [4.69, 9.17) is 4.74 Å². The normalized spacial score (nSPS) is 19.8. The fraction of sp³-hybridized carbons (Fsp3) is 0.636. The van der Waals surface area contributed by atoms with Gasteiger partial charge in [-0.1, -0.05) is 0 Å². The molecule has 1 aromatic rings. The Morgan fingerprint density at radius 2 is 2.31 bits per heavy atom. The molecule has 0 bridgehead atoms. The minimum Gasteiger partial charge on any atom is -0.458 e. The molecule has 0 spiro atoms. The zero-order chi connectivity index (χ0) is 11.8. The van der Waals surface area contributed by atoms with Crippen molar-refractivity contribution < 1.29 is 14.6 Å². The van der Waals surface area contributed by atoms with Crippen molar-refractivity contribution in [3.63, 3.8) is 0 Å². The molecule has 0 radical (unpaired) electrons. The van der Waals surface area contributed by atoms with E-state index in [0.717, 1.165) is 24.2 Å². The largest absolute Gasteiger partial charge is 0.458 e. The first-order valence-electron chi connectivity index (χ1n) is 5.53. The van der Waals surface area contributed by atoms with Gasteiger partial charge in [-0.3, -0.25) is 0 Å². The molecule has 88 valence electrons. The second kappa shape index (κ2) is 3.81. The minimum atomic E-state index is -0.427. The summed E-state index contributed by atoms with van der Waals surface area (Å²) in [5.41, 5.74) is 1.64. The lowest BCUT2D eigenvalue weighted by Crippen LogP contribution is -2.38. The highest BCUT2D eigenvalue weighted by atomic mass is 16.6. The first-order valence-corrected chi connectivity index (χ1v) is 5.53. The van der Waals surface area contributed by atoms with Gasteiger partial charge in [-0.15, -0.1) is 5.10 Å². The Kier molecular flexibility index (Phi) is 2.61. The number of ether oxygens (including phenoxy) is 1. The van der Waals surface area contributed by atoms with Crippen LogP contribution in [0.2, 0.25) is 0 Å². The highest BCUT2D eigenvalue weighted by Gasteiger charge is 2.30. The first kappa shape index (κ1) is 11.0. The van der Waals surface area contributed by atoms with E-state index in [1.165, 1.54) is 0 Å². The number of aryl methyl sites for hydroxylation is 1. The molecule has 5 heteroatoms. The van der Waals surface area contributed by atoms with Gasteiger partial charge in [0, 0.05) is 0 Å². The second-order valence-electron chi connectivity index (χ2n) is 5.07. The molecule has 1 aromatic heterocycles. The predicted molar refractivity (Wildman–Crippen MR) is 58.9 cm³/mol. The molecule has 0 amide bonds. The van der Waals surface area contributed by atoms with Crippen molar-refractivity contribution in [1.29, 1.82) is 0 Å². The zero-order valence-corrected chi connectivity index (χ0v) is 9.89. The Morgan fingerprint density at radius 3 is 3.00 bits per heavy atom. The van der Waals surface area contributed by atoms with Crippen LogP contribution in [-0.4, -0.2) is 22.7 Å². The van der Waals surface area contributed by atoms with E-state index in [0.29, 0.717) is 0 Å². The average Bonchev–Trinajstić information content (AvgIpc) is 2.61. The van der Waals surface area contributed by atoms with E-state index in [1.54, 1.807) is 0 Å². The number of aromatic nitrogens is 2. The van der Waals surface area contributed by atoms with Gasteiger partial charge < -0.3 is 10.1 Å². The number of carbonyl (C=O) groups is 1. The molecule has 1 aliphatic rings. The molecule has 5 nitrogen and oxygen atoms in total. The molecular weight excluding hydrogens is 206 g/mol. The molecule has 0 aliphatic carbocycles. The number of H-pyrrole nitrogens is 2. The smallest absolute Gasteiger partial charge is 0.329 e. The van der Waals surface area contributed by atoms with Crippen molar-refractivity contribution in [3.05, 3.63) is 11.9 Å². The summed E-state index contributed by atoms with van der Waals surface area (Å²) in [6, 6.07) is -0.240. The molecule has 2 rings (SSSR count). The number of rotatable bonds is 1. The third-order valence-electron chi connectivity index (χ3n) is 2.47. The maximum absolute atomic E-state index is 11.8. The Bertz CT molecular complexity index is 392. The lowest BCUT2D eigenvalue weighted by atomic mass is 10.0. The SMILES string of the molecule is CC(C)(C)OC(=O)C1CCc2[nH][nH+]cc2N1. The third-order valence-corrected chi connectivity index (χ3v) is 2.47. The Hall–Kier alpha value is -1.52. The number of aromatic amines is 2. The predicted octanol–water partition coefficient (Wildman–Crippen LogP) is 0.897. The van der Waals surface area contributed by atoms with Gasteiger partial charge in [-0.05, 0) is 33.6 Å². The minimum absolute atomic E-state index is 0.181. The number of fused-ring (bicyclic) bond motifs is 1. The van der Waals surface area contributed by atoms with Crippen LogP contribution in [0.4, 0.5) is 5.69 Å².